The zero-order valence-electron chi connectivity index (χ0n) is 11.7. The maximum Gasteiger partial charge on any atom is 0.322 e. The predicted octanol–water partition coefficient (Wildman–Crippen LogP) is 3.70. The van der Waals surface area contributed by atoms with E-state index in [2.05, 4.69) is 55.1 Å². The zero-order chi connectivity index (χ0) is 15.2. The fourth-order valence-corrected chi connectivity index (χ4v) is 2.54. The van der Waals surface area contributed by atoms with E-state index in [1.54, 1.807) is 6.07 Å². The third-order valence-electron chi connectivity index (χ3n) is 2.51. The van der Waals surface area contributed by atoms with Crippen molar-refractivity contribution >= 4 is 51.8 Å². The lowest BCUT2D eigenvalue weighted by molar-refractivity contribution is 0.379. The first kappa shape index (κ1) is 16.0. The average Bonchev–Trinajstić information content (AvgIpc) is 2.48. The first-order chi connectivity index (χ1) is 10.1. The van der Waals surface area contributed by atoms with Gasteiger partial charge in [-0.25, -0.2) is 0 Å². The van der Waals surface area contributed by atoms with Gasteiger partial charge >= 0.3 is 6.01 Å². The Labute approximate surface area is 141 Å². The van der Waals surface area contributed by atoms with Crippen molar-refractivity contribution in [2.24, 2.45) is 0 Å². The lowest BCUT2D eigenvalue weighted by atomic mass is 10.3. The fourth-order valence-electron chi connectivity index (χ4n) is 1.53. The number of methoxy groups -OCH3 is 1. The van der Waals surface area contributed by atoms with E-state index in [-0.39, 0.29) is 6.01 Å². The quantitative estimate of drug-likeness (QED) is 0.696. The molecule has 0 unspecified atom stereocenters. The van der Waals surface area contributed by atoms with Gasteiger partial charge in [-0.05, 0) is 47.2 Å². The van der Waals surface area contributed by atoms with Crippen molar-refractivity contribution in [1.29, 1.82) is 0 Å². The summed E-state index contributed by atoms with van der Waals surface area (Å²) in [5.41, 5.74) is 0.870. The van der Waals surface area contributed by atoms with Crippen molar-refractivity contribution in [3.63, 3.8) is 0 Å². The summed E-state index contributed by atoms with van der Waals surface area (Å²) in [6.07, 6.45) is 0.978. The summed E-state index contributed by atoms with van der Waals surface area (Å²) in [7, 11) is 1.52. The van der Waals surface area contributed by atoms with E-state index >= 15 is 0 Å². The van der Waals surface area contributed by atoms with Crippen LogP contribution in [-0.2, 0) is 0 Å². The van der Waals surface area contributed by atoms with E-state index in [4.69, 9.17) is 16.3 Å². The number of benzene rings is 1. The molecule has 2 N–H and O–H groups in total. The van der Waals surface area contributed by atoms with Crippen LogP contribution in [0.5, 0.6) is 6.01 Å². The zero-order valence-corrected chi connectivity index (χ0v) is 14.6. The maximum absolute atomic E-state index is 5.95. The lowest BCUT2D eigenvalue weighted by Gasteiger charge is -2.10. The third-order valence-corrected chi connectivity index (χ3v) is 3.64. The van der Waals surface area contributed by atoms with Gasteiger partial charge in [0.25, 0.3) is 0 Å². The van der Waals surface area contributed by atoms with Gasteiger partial charge in [-0.3, -0.25) is 0 Å². The van der Waals surface area contributed by atoms with Gasteiger partial charge in [0.05, 0.1) is 12.8 Å². The first-order valence-corrected chi connectivity index (χ1v) is 7.84. The monoisotopic (exact) mass is 419 g/mol. The van der Waals surface area contributed by atoms with Gasteiger partial charge in [0, 0.05) is 15.1 Å². The van der Waals surface area contributed by atoms with Crippen LogP contribution in [0.3, 0.4) is 0 Å². The molecule has 0 radical (unpaired) electrons. The molecule has 2 rings (SSSR count). The van der Waals surface area contributed by atoms with Crippen LogP contribution in [0.4, 0.5) is 17.6 Å². The summed E-state index contributed by atoms with van der Waals surface area (Å²) < 4.78 is 6.07. The van der Waals surface area contributed by atoms with Gasteiger partial charge in [-0.2, -0.15) is 15.0 Å². The molecule has 0 aliphatic carbocycles. The SMILES string of the molecule is CCCNc1nc(Nc2ccc(Cl)cc2I)nc(OC)n1. The number of aromatic nitrogens is 3. The molecule has 8 heteroatoms. The number of hydrogen-bond acceptors (Lipinski definition) is 6. The lowest BCUT2D eigenvalue weighted by Crippen LogP contribution is -2.09. The predicted molar refractivity (Wildman–Crippen MR) is 92.6 cm³/mol. The maximum atomic E-state index is 5.95. The van der Waals surface area contributed by atoms with Gasteiger partial charge < -0.3 is 15.4 Å². The molecular formula is C13H15ClIN5O. The molecule has 0 aliphatic heterocycles. The normalized spacial score (nSPS) is 10.3. The van der Waals surface area contributed by atoms with E-state index in [9.17, 15) is 0 Å². The van der Waals surface area contributed by atoms with E-state index < -0.39 is 0 Å². The highest BCUT2D eigenvalue weighted by molar-refractivity contribution is 14.1. The Morgan fingerprint density at radius 1 is 1.24 bits per heavy atom. The van der Waals surface area contributed by atoms with Crippen molar-refractivity contribution in [3.8, 4) is 6.01 Å². The van der Waals surface area contributed by atoms with Crippen LogP contribution < -0.4 is 15.4 Å². The van der Waals surface area contributed by atoms with E-state index in [1.807, 2.05) is 12.1 Å². The molecule has 112 valence electrons. The van der Waals surface area contributed by atoms with E-state index in [1.165, 1.54) is 7.11 Å². The van der Waals surface area contributed by atoms with Crippen molar-refractivity contribution in [3.05, 3.63) is 26.8 Å². The Hall–Kier alpha value is -1.35. The largest absolute Gasteiger partial charge is 0.467 e. The molecule has 2 aromatic rings. The second-order valence-corrected chi connectivity index (χ2v) is 5.74. The number of ether oxygens (including phenoxy) is 1. The summed E-state index contributed by atoms with van der Waals surface area (Å²) in [5, 5.41) is 6.94. The minimum Gasteiger partial charge on any atom is -0.467 e. The topological polar surface area (TPSA) is 72.0 Å². The Morgan fingerprint density at radius 3 is 2.67 bits per heavy atom. The Balaban J connectivity index is 2.25. The summed E-state index contributed by atoms with van der Waals surface area (Å²) >= 11 is 8.14. The van der Waals surface area contributed by atoms with Crippen molar-refractivity contribution < 1.29 is 4.74 Å². The van der Waals surface area contributed by atoms with Crippen molar-refractivity contribution in [2.75, 3.05) is 24.3 Å². The van der Waals surface area contributed by atoms with Crippen LogP contribution in [-0.4, -0.2) is 28.6 Å². The molecule has 0 bridgehead atoms. The molecule has 6 nitrogen and oxygen atoms in total. The minimum atomic E-state index is 0.259. The molecule has 0 atom stereocenters. The molecule has 0 fully saturated rings. The number of halogens is 2. The van der Waals surface area contributed by atoms with Crippen LogP contribution in [0, 0.1) is 3.57 Å². The molecule has 0 aliphatic rings. The highest BCUT2D eigenvalue weighted by atomic mass is 127. The van der Waals surface area contributed by atoms with Crippen LogP contribution in [0.15, 0.2) is 18.2 Å². The Kier molecular flexibility index (Phi) is 5.80. The van der Waals surface area contributed by atoms with Crippen LogP contribution in [0.2, 0.25) is 5.02 Å². The third kappa shape index (κ3) is 4.57. The smallest absolute Gasteiger partial charge is 0.322 e. The Bertz CT molecular complexity index is 626. The number of nitrogens with zero attached hydrogens (tertiary/aromatic N) is 3. The second-order valence-electron chi connectivity index (χ2n) is 4.15. The van der Waals surface area contributed by atoms with Crippen LogP contribution >= 0.6 is 34.2 Å². The fraction of sp³-hybridized carbons (Fsp3) is 0.308. The highest BCUT2D eigenvalue weighted by Gasteiger charge is 2.08. The van der Waals surface area contributed by atoms with E-state index in [0.717, 1.165) is 22.2 Å². The van der Waals surface area contributed by atoms with Gasteiger partial charge in [0.2, 0.25) is 11.9 Å². The summed E-state index contributed by atoms with van der Waals surface area (Å²) in [6.45, 7) is 2.85. The van der Waals surface area contributed by atoms with Gasteiger partial charge in [-0.15, -0.1) is 0 Å². The van der Waals surface area contributed by atoms with Crippen molar-refractivity contribution in [2.45, 2.75) is 13.3 Å². The summed E-state index contributed by atoms with van der Waals surface area (Å²) in [6, 6.07) is 5.80. The van der Waals surface area contributed by atoms with Crippen molar-refractivity contribution in [1.82, 2.24) is 15.0 Å². The molecule has 21 heavy (non-hydrogen) atoms. The molecule has 0 amide bonds. The molecule has 0 saturated carbocycles. The number of rotatable bonds is 6. The molecule has 1 aromatic carbocycles. The van der Waals surface area contributed by atoms with E-state index in [0.29, 0.717) is 16.9 Å². The standard InChI is InChI=1S/C13H15ClIN5O/c1-3-6-16-11-18-12(20-13(19-11)21-2)17-10-5-4-8(14)7-9(10)15/h4-5,7H,3,6H2,1-2H3,(H2,16,17,18,19,20). The second kappa shape index (κ2) is 7.60. The van der Waals surface area contributed by atoms with Crippen LogP contribution in [0.25, 0.3) is 0 Å². The molecular weight excluding hydrogens is 405 g/mol. The minimum absolute atomic E-state index is 0.259. The Morgan fingerprint density at radius 2 is 2.00 bits per heavy atom. The van der Waals surface area contributed by atoms with Gasteiger partial charge in [0.15, 0.2) is 0 Å². The average molecular weight is 420 g/mol. The summed E-state index contributed by atoms with van der Waals surface area (Å²) in [5.74, 6) is 0.899. The molecule has 1 heterocycles. The molecule has 0 saturated heterocycles. The van der Waals surface area contributed by atoms with Gasteiger partial charge in [-0.1, -0.05) is 18.5 Å². The summed E-state index contributed by atoms with van der Waals surface area (Å²) in [4.78, 5) is 12.7. The first-order valence-electron chi connectivity index (χ1n) is 6.38. The number of anilines is 3. The highest BCUT2D eigenvalue weighted by Crippen LogP contribution is 2.25. The van der Waals surface area contributed by atoms with Crippen LogP contribution in [0.1, 0.15) is 13.3 Å². The number of hydrogen-bond donors (Lipinski definition) is 2. The molecule has 0 spiro atoms. The molecule has 1 aromatic heterocycles. The number of nitrogens with one attached hydrogen (secondary N) is 2. The van der Waals surface area contributed by atoms with Gasteiger partial charge in [0.1, 0.15) is 0 Å².